The van der Waals surface area contributed by atoms with E-state index in [1.54, 1.807) is 12.1 Å². The van der Waals surface area contributed by atoms with Crippen molar-refractivity contribution in [1.29, 1.82) is 0 Å². The molecule has 2 aromatic carbocycles. The fourth-order valence-electron chi connectivity index (χ4n) is 3.60. The molecule has 0 bridgehead atoms. The smallest absolute Gasteiger partial charge is 0.335 e. The molecule has 7 heteroatoms. The highest BCUT2D eigenvalue weighted by Crippen LogP contribution is 2.19. The summed E-state index contributed by atoms with van der Waals surface area (Å²) >= 11 is 0. The van der Waals surface area contributed by atoms with E-state index in [1.807, 2.05) is 18.2 Å². The molecule has 1 fully saturated rings. The van der Waals surface area contributed by atoms with Gasteiger partial charge in [0.1, 0.15) is 0 Å². The van der Waals surface area contributed by atoms with Gasteiger partial charge in [-0.05, 0) is 36.2 Å². The van der Waals surface area contributed by atoms with Gasteiger partial charge in [-0.3, -0.25) is 4.90 Å². The molecular formula is C22H27N3O4. The van der Waals surface area contributed by atoms with Crippen LogP contribution in [0.3, 0.4) is 0 Å². The van der Waals surface area contributed by atoms with E-state index in [4.69, 9.17) is 5.11 Å². The summed E-state index contributed by atoms with van der Waals surface area (Å²) in [5.74, 6) is -0.947. The Kier molecular flexibility index (Phi) is 7.21. The highest BCUT2D eigenvalue weighted by atomic mass is 16.4. The number of carboxylic acids is 1. The molecule has 0 aromatic heterocycles. The summed E-state index contributed by atoms with van der Waals surface area (Å²) in [6, 6.07) is 16.2. The van der Waals surface area contributed by atoms with Crippen molar-refractivity contribution in [2.24, 2.45) is 5.92 Å². The maximum Gasteiger partial charge on any atom is 0.335 e. The number of hydrogen-bond acceptors (Lipinski definition) is 4. The van der Waals surface area contributed by atoms with Crippen molar-refractivity contribution in [2.75, 3.05) is 19.7 Å². The molecule has 1 aliphatic rings. The first-order valence-corrected chi connectivity index (χ1v) is 9.79. The topological polar surface area (TPSA) is 102 Å². The van der Waals surface area contributed by atoms with E-state index in [0.29, 0.717) is 13.1 Å². The number of likely N-dealkylation sites (tertiary alicyclic amines) is 1. The van der Waals surface area contributed by atoms with Crippen LogP contribution < -0.4 is 10.6 Å². The molecule has 2 unspecified atom stereocenters. The van der Waals surface area contributed by atoms with Crippen LogP contribution in [0.15, 0.2) is 54.6 Å². The second-order valence-corrected chi connectivity index (χ2v) is 7.39. The third-order valence-electron chi connectivity index (χ3n) is 5.29. The van der Waals surface area contributed by atoms with E-state index in [1.165, 1.54) is 17.7 Å². The molecule has 2 amide bonds. The van der Waals surface area contributed by atoms with E-state index >= 15 is 0 Å². The van der Waals surface area contributed by atoms with Crippen LogP contribution in [-0.4, -0.2) is 52.9 Å². The van der Waals surface area contributed by atoms with Gasteiger partial charge in [0.2, 0.25) is 0 Å². The average molecular weight is 397 g/mol. The fraction of sp³-hybridized carbons (Fsp3) is 0.364. The minimum absolute atomic E-state index is 0.0302. The lowest BCUT2D eigenvalue weighted by Crippen LogP contribution is -2.55. The lowest BCUT2D eigenvalue weighted by Gasteiger charge is -2.38. The number of carbonyl (C=O) groups is 2. The monoisotopic (exact) mass is 397 g/mol. The fourth-order valence-corrected chi connectivity index (χ4v) is 3.60. The third-order valence-corrected chi connectivity index (χ3v) is 5.29. The van der Waals surface area contributed by atoms with Gasteiger partial charge in [-0.25, -0.2) is 9.59 Å². The predicted octanol–water partition coefficient (Wildman–Crippen LogP) is 2.07. The van der Waals surface area contributed by atoms with Crippen LogP contribution in [0.5, 0.6) is 0 Å². The largest absolute Gasteiger partial charge is 0.478 e. The van der Waals surface area contributed by atoms with Gasteiger partial charge in [-0.1, -0.05) is 42.5 Å². The zero-order valence-electron chi connectivity index (χ0n) is 16.3. The molecule has 29 heavy (non-hydrogen) atoms. The van der Waals surface area contributed by atoms with Crippen LogP contribution in [0, 0.1) is 5.92 Å². The van der Waals surface area contributed by atoms with Crippen LogP contribution in [0.1, 0.15) is 27.9 Å². The first kappa shape index (κ1) is 20.8. The maximum absolute atomic E-state index is 12.4. The summed E-state index contributed by atoms with van der Waals surface area (Å²) in [5, 5.41) is 24.4. The summed E-state index contributed by atoms with van der Waals surface area (Å²) in [6.45, 7) is 2.72. The number of nitrogens with zero attached hydrogens (tertiary/aromatic N) is 1. The normalized spacial score (nSPS) is 19.5. The number of carbonyl (C=O) groups excluding carboxylic acids is 1. The van der Waals surface area contributed by atoms with E-state index in [0.717, 1.165) is 25.1 Å². The zero-order valence-corrected chi connectivity index (χ0v) is 16.3. The van der Waals surface area contributed by atoms with Crippen LogP contribution in [0.4, 0.5) is 4.79 Å². The Morgan fingerprint density at radius 2 is 1.76 bits per heavy atom. The summed E-state index contributed by atoms with van der Waals surface area (Å²) in [5.41, 5.74) is 2.26. The highest BCUT2D eigenvalue weighted by molar-refractivity contribution is 5.87. The molecule has 2 atom stereocenters. The standard InChI is InChI=1S/C22H27N3O4/c26-15-19-10-11-25(13-17-4-2-1-3-5-17)14-20(19)24-22(29)23-12-16-6-8-18(9-7-16)21(27)28/h1-9,19-20,26H,10-15H2,(H,27,28)(H2,23,24,29). The number of amides is 2. The van der Waals surface area contributed by atoms with Gasteiger partial charge in [0, 0.05) is 38.2 Å². The van der Waals surface area contributed by atoms with Crippen molar-refractivity contribution in [2.45, 2.75) is 25.6 Å². The van der Waals surface area contributed by atoms with E-state index < -0.39 is 5.97 Å². The minimum atomic E-state index is -0.977. The molecule has 1 aliphatic heterocycles. The number of aromatic carboxylic acids is 1. The van der Waals surface area contributed by atoms with E-state index in [9.17, 15) is 14.7 Å². The second-order valence-electron chi connectivity index (χ2n) is 7.39. The molecule has 2 aromatic rings. The van der Waals surface area contributed by atoms with Crippen molar-refractivity contribution in [3.8, 4) is 0 Å². The molecule has 0 radical (unpaired) electrons. The SMILES string of the molecule is O=C(NCc1ccc(C(=O)O)cc1)NC1CN(Cc2ccccc2)CCC1CO. The second kappa shape index (κ2) is 10.0. The molecule has 3 rings (SSSR count). The quantitative estimate of drug-likeness (QED) is 0.573. The number of piperidine rings is 1. The lowest BCUT2D eigenvalue weighted by atomic mass is 9.92. The van der Waals surface area contributed by atoms with Gasteiger partial charge >= 0.3 is 12.0 Å². The van der Waals surface area contributed by atoms with Gasteiger partial charge in [-0.15, -0.1) is 0 Å². The van der Waals surface area contributed by atoms with E-state index in [-0.39, 0.29) is 30.2 Å². The van der Waals surface area contributed by atoms with Crippen LogP contribution in [-0.2, 0) is 13.1 Å². The van der Waals surface area contributed by atoms with Gasteiger partial charge in [0.15, 0.2) is 0 Å². The molecule has 1 saturated heterocycles. The van der Waals surface area contributed by atoms with Crippen LogP contribution >= 0.6 is 0 Å². The van der Waals surface area contributed by atoms with Gasteiger partial charge < -0.3 is 20.8 Å². The Morgan fingerprint density at radius 3 is 2.41 bits per heavy atom. The number of rotatable bonds is 7. The Morgan fingerprint density at radius 1 is 1.03 bits per heavy atom. The number of benzene rings is 2. The summed E-state index contributed by atoms with van der Waals surface area (Å²) < 4.78 is 0. The molecule has 154 valence electrons. The maximum atomic E-state index is 12.4. The number of carboxylic acid groups (broad SMARTS) is 1. The zero-order chi connectivity index (χ0) is 20.6. The molecular weight excluding hydrogens is 370 g/mol. The Balaban J connectivity index is 1.51. The first-order valence-electron chi connectivity index (χ1n) is 9.79. The molecule has 1 heterocycles. The van der Waals surface area contributed by atoms with Gasteiger partial charge in [0.25, 0.3) is 0 Å². The average Bonchev–Trinajstić information content (AvgIpc) is 2.73. The number of aliphatic hydroxyl groups is 1. The van der Waals surface area contributed by atoms with Crippen LogP contribution in [0.2, 0.25) is 0 Å². The lowest BCUT2D eigenvalue weighted by molar-refractivity contribution is 0.0696. The van der Waals surface area contributed by atoms with Crippen molar-refractivity contribution >= 4 is 12.0 Å². The highest BCUT2D eigenvalue weighted by Gasteiger charge is 2.29. The number of urea groups is 1. The van der Waals surface area contributed by atoms with Crippen molar-refractivity contribution < 1.29 is 19.8 Å². The molecule has 4 N–H and O–H groups in total. The summed E-state index contributed by atoms with van der Waals surface area (Å²) in [6.07, 6.45) is 0.824. The Bertz CT molecular complexity index is 811. The van der Waals surface area contributed by atoms with Gasteiger partial charge in [-0.2, -0.15) is 0 Å². The number of nitrogens with one attached hydrogen (secondary N) is 2. The predicted molar refractivity (Wildman–Crippen MR) is 109 cm³/mol. The third kappa shape index (κ3) is 6.04. The Labute approximate surface area is 170 Å². The van der Waals surface area contributed by atoms with Crippen molar-refractivity contribution in [3.05, 3.63) is 71.3 Å². The Hall–Kier alpha value is -2.90. The number of hydrogen-bond donors (Lipinski definition) is 4. The summed E-state index contributed by atoms with van der Waals surface area (Å²) in [7, 11) is 0. The van der Waals surface area contributed by atoms with Crippen molar-refractivity contribution in [1.82, 2.24) is 15.5 Å². The van der Waals surface area contributed by atoms with Crippen molar-refractivity contribution in [3.63, 3.8) is 0 Å². The van der Waals surface area contributed by atoms with Gasteiger partial charge in [0.05, 0.1) is 5.56 Å². The molecule has 0 spiro atoms. The first-order chi connectivity index (χ1) is 14.0. The molecule has 0 saturated carbocycles. The van der Waals surface area contributed by atoms with Crippen LogP contribution in [0.25, 0.3) is 0 Å². The summed E-state index contributed by atoms with van der Waals surface area (Å²) in [4.78, 5) is 25.6. The minimum Gasteiger partial charge on any atom is -0.478 e. The number of aliphatic hydroxyl groups excluding tert-OH is 1. The molecule has 0 aliphatic carbocycles. The van der Waals surface area contributed by atoms with E-state index in [2.05, 4.69) is 27.7 Å². The molecule has 7 nitrogen and oxygen atoms in total.